The molecule has 0 atom stereocenters. The zero-order valence-corrected chi connectivity index (χ0v) is 31.0. The summed E-state index contributed by atoms with van der Waals surface area (Å²) in [6.07, 6.45) is 0. The minimum Gasteiger partial charge on any atom is -0.456 e. The van der Waals surface area contributed by atoms with Crippen molar-refractivity contribution in [2.75, 3.05) is 4.90 Å². The van der Waals surface area contributed by atoms with Crippen molar-refractivity contribution >= 4 is 60.9 Å². The second-order valence-corrected chi connectivity index (χ2v) is 14.5. The van der Waals surface area contributed by atoms with E-state index in [9.17, 15) is 0 Å². The minimum atomic E-state index is 0.840. The third-order valence-corrected chi connectivity index (χ3v) is 11.1. The Balaban J connectivity index is 1.04. The molecular formula is C54H35NO2. The maximum atomic E-state index is 6.86. The standard InChI is InChI=1S/C54H35NO2/c1-3-11-36(12-4-1)38-23-28-43(29-24-38)55(44-30-25-39(26-31-44)37-13-5-2-6-14-37)49-34-33-45(53-48-16-8-10-18-51(48)57-54(49)53)41-21-19-40(20-22-41)42-27-32-47-46-15-7-9-17-50(46)56-52(47)35-42/h1-35H. The topological polar surface area (TPSA) is 29.5 Å². The van der Waals surface area contributed by atoms with Gasteiger partial charge in [0.1, 0.15) is 16.7 Å². The Labute approximate surface area is 330 Å². The van der Waals surface area contributed by atoms with Gasteiger partial charge in [0, 0.05) is 32.9 Å². The summed E-state index contributed by atoms with van der Waals surface area (Å²) in [6.45, 7) is 0. The van der Waals surface area contributed by atoms with E-state index in [1.54, 1.807) is 0 Å². The lowest BCUT2D eigenvalue weighted by atomic mass is 9.95. The van der Waals surface area contributed by atoms with Crippen molar-refractivity contribution in [3.8, 4) is 44.5 Å². The minimum absolute atomic E-state index is 0.840. The van der Waals surface area contributed by atoms with Crippen molar-refractivity contribution < 1.29 is 8.83 Å². The summed E-state index contributed by atoms with van der Waals surface area (Å²) in [5.41, 5.74) is 15.8. The van der Waals surface area contributed by atoms with E-state index in [1.165, 1.54) is 22.3 Å². The van der Waals surface area contributed by atoms with Crippen LogP contribution in [0.25, 0.3) is 88.4 Å². The molecule has 57 heavy (non-hydrogen) atoms. The summed E-state index contributed by atoms with van der Waals surface area (Å²) >= 11 is 0. The first kappa shape index (κ1) is 32.8. The molecule has 11 rings (SSSR count). The molecular weight excluding hydrogens is 695 g/mol. The number of benzene rings is 9. The smallest absolute Gasteiger partial charge is 0.160 e. The van der Waals surface area contributed by atoms with Gasteiger partial charge in [-0.3, -0.25) is 0 Å². The SMILES string of the molecule is c1ccc(-c2ccc(N(c3ccc(-c4ccccc4)cc3)c3ccc(-c4ccc(-c5ccc6c(c5)oc5ccccc56)cc4)c4c3oc3ccccc34)cc2)cc1. The Hall–Kier alpha value is -7.62. The number of fused-ring (bicyclic) bond motifs is 6. The van der Waals surface area contributed by atoms with Crippen molar-refractivity contribution in [1.82, 2.24) is 0 Å². The van der Waals surface area contributed by atoms with E-state index in [4.69, 9.17) is 8.83 Å². The molecule has 0 aliphatic carbocycles. The van der Waals surface area contributed by atoms with E-state index < -0.39 is 0 Å². The van der Waals surface area contributed by atoms with E-state index in [-0.39, 0.29) is 0 Å². The quantitative estimate of drug-likeness (QED) is 0.164. The highest BCUT2D eigenvalue weighted by Crippen LogP contribution is 2.46. The van der Waals surface area contributed by atoms with Gasteiger partial charge in [0.15, 0.2) is 5.58 Å². The van der Waals surface area contributed by atoms with Crippen LogP contribution in [0.3, 0.4) is 0 Å². The third kappa shape index (κ3) is 5.76. The van der Waals surface area contributed by atoms with Crippen LogP contribution in [0.1, 0.15) is 0 Å². The fraction of sp³-hybridized carbons (Fsp3) is 0. The number of para-hydroxylation sites is 2. The van der Waals surface area contributed by atoms with Crippen LogP contribution in [-0.4, -0.2) is 0 Å². The van der Waals surface area contributed by atoms with Crippen LogP contribution >= 0.6 is 0 Å². The van der Waals surface area contributed by atoms with Gasteiger partial charge in [-0.1, -0.05) is 158 Å². The van der Waals surface area contributed by atoms with Crippen LogP contribution in [0.5, 0.6) is 0 Å². The van der Waals surface area contributed by atoms with Crippen molar-refractivity contribution in [3.05, 3.63) is 212 Å². The largest absolute Gasteiger partial charge is 0.456 e. The van der Waals surface area contributed by atoms with Crippen molar-refractivity contribution in [2.24, 2.45) is 0 Å². The molecule has 0 saturated carbocycles. The summed E-state index contributed by atoms with van der Waals surface area (Å²) < 4.78 is 13.1. The summed E-state index contributed by atoms with van der Waals surface area (Å²) in [6, 6.07) is 75.0. The average molecular weight is 730 g/mol. The Bertz CT molecular complexity index is 3110. The molecule has 0 aliphatic rings. The van der Waals surface area contributed by atoms with Gasteiger partial charge in [-0.2, -0.15) is 0 Å². The van der Waals surface area contributed by atoms with Gasteiger partial charge in [0.05, 0.1) is 5.69 Å². The lowest BCUT2D eigenvalue weighted by Gasteiger charge is -2.26. The molecule has 0 fully saturated rings. The molecule has 3 heteroatoms. The van der Waals surface area contributed by atoms with Crippen molar-refractivity contribution in [1.29, 1.82) is 0 Å². The molecule has 0 amide bonds. The molecule has 2 aromatic heterocycles. The van der Waals surface area contributed by atoms with E-state index in [1.807, 2.05) is 18.2 Å². The van der Waals surface area contributed by atoms with E-state index in [0.717, 1.165) is 83.2 Å². The molecule has 9 aromatic carbocycles. The highest BCUT2D eigenvalue weighted by molar-refractivity contribution is 6.17. The maximum absolute atomic E-state index is 6.86. The summed E-state index contributed by atoms with van der Waals surface area (Å²) in [5.74, 6) is 0. The first-order valence-corrected chi connectivity index (χ1v) is 19.3. The van der Waals surface area contributed by atoms with Crippen LogP contribution in [0.4, 0.5) is 17.1 Å². The molecule has 0 aliphatic heterocycles. The molecule has 2 heterocycles. The summed E-state index contributed by atoms with van der Waals surface area (Å²) in [4.78, 5) is 2.31. The van der Waals surface area contributed by atoms with E-state index in [2.05, 4.69) is 199 Å². The summed E-state index contributed by atoms with van der Waals surface area (Å²) in [7, 11) is 0. The second kappa shape index (κ2) is 13.6. The first-order chi connectivity index (χ1) is 28.2. The fourth-order valence-electron chi connectivity index (χ4n) is 8.27. The molecule has 11 aromatic rings. The molecule has 0 N–H and O–H groups in total. The predicted molar refractivity (Wildman–Crippen MR) is 237 cm³/mol. The highest BCUT2D eigenvalue weighted by atomic mass is 16.3. The Morgan fingerprint density at radius 3 is 1.39 bits per heavy atom. The Morgan fingerprint density at radius 1 is 0.298 bits per heavy atom. The number of anilines is 3. The van der Waals surface area contributed by atoms with Gasteiger partial charge in [0.2, 0.25) is 0 Å². The number of hydrogen-bond acceptors (Lipinski definition) is 3. The van der Waals surface area contributed by atoms with E-state index in [0.29, 0.717) is 0 Å². The monoisotopic (exact) mass is 729 g/mol. The lowest BCUT2D eigenvalue weighted by molar-refractivity contribution is 0.668. The molecule has 3 nitrogen and oxygen atoms in total. The second-order valence-electron chi connectivity index (χ2n) is 14.5. The van der Waals surface area contributed by atoms with Gasteiger partial charge in [-0.15, -0.1) is 0 Å². The fourth-order valence-corrected chi connectivity index (χ4v) is 8.27. The van der Waals surface area contributed by atoms with Gasteiger partial charge in [0.25, 0.3) is 0 Å². The first-order valence-electron chi connectivity index (χ1n) is 19.3. The molecule has 0 spiro atoms. The number of furan rings is 2. The molecule has 0 bridgehead atoms. The van der Waals surface area contributed by atoms with Crippen LogP contribution in [0.15, 0.2) is 221 Å². The van der Waals surface area contributed by atoms with Crippen molar-refractivity contribution in [3.63, 3.8) is 0 Å². The number of rotatable bonds is 7. The zero-order chi connectivity index (χ0) is 37.7. The maximum Gasteiger partial charge on any atom is 0.160 e. The van der Waals surface area contributed by atoms with Gasteiger partial charge in [-0.05, 0) is 99.1 Å². The van der Waals surface area contributed by atoms with Gasteiger partial charge in [-0.25, -0.2) is 0 Å². The number of nitrogens with zero attached hydrogens (tertiary/aromatic N) is 1. The average Bonchev–Trinajstić information content (AvgIpc) is 3.87. The van der Waals surface area contributed by atoms with E-state index >= 15 is 0 Å². The van der Waals surface area contributed by atoms with Crippen LogP contribution in [-0.2, 0) is 0 Å². The van der Waals surface area contributed by atoms with Gasteiger partial charge < -0.3 is 13.7 Å². The number of hydrogen-bond donors (Lipinski definition) is 0. The Kier molecular flexibility index (Phi) is 7.82. The third-order valence-electron chi connectivity index (χ3n) is 11.1. The predicted octanol–water partition coefficient (Wildman–Crippen LogP) is 15.6. The summed E-state index contributed by atoms with van der Waals surface area (Å²) in [5, 5.41) is 4.45. The zero-order valence-electron chi connectivity index (χ0n) is 31.0. The highest BCUT2D eigenvalue weighted by Gasteiger charge is 2.22. The van der Waals surface area contributed by atoms with Crippen molar-refractivity contribution in [2.45, 2.75) is 0 Å². The lowest BCUT2D eigenvalue weighted by Crippen LogP contribution is -2.10. The van der Waals surface area contributed by atoms with Crippen LogP contribution < -0.4 is 4.90 Å². The molecule has 268 valence electrons. The molecule has 0 saturated heterocycles. The molecule has 0 unspecified atom stereocenters. The van der Waals surface area contributed by atoms with Gasteiger partial charge >= 0.3 is 0 Å². The van der Waals surface area contributed by atoms with Crippen LogP contribution in [0, 0.1) is 0 Å². The van der Waals surface area contributed by atoms with Crippen LogP contribution in [0.2, 0.25) is 0 Å². The Morgan fingerprint density at radius 2 is 0.754 bits per heavy atom. The normalized spacial score (nSPS) is 11.5. The molecule has 0 radical (unpaired) electrons.